The molecule has 0 bridgehead atoms. The van der Waals surface area contributed by atoms with E-state index in [1.165, 1.54) is 24.1 Å². The predicted molar refractivity (Wildman–Crippen MR) is 107 cm³/mol. The van der Waals surface area contributed by atoms with Gasteiger partial charge in [-0.25, -0.2) is 0 Å². The molecule has 1 amide bonds. The third kappa shape index (κ3) is 4.06. The number of anilines is 1. The fourth-order valence-electron chi connectivity index (χ4n) is 4.55. The van der Waals surface area contributed by atoms with Gasteiger partial charge in [0.15, 0.2) is 0 Å². The molecule has 0 spiro atoms. The zero-order chi connectivity index (χ0) is 17.9. The van der Waals surface area contributed by atoms with Gasteiger partial charge in [-0.15, -0.1) is 0 Å². The van der Waals surface area contributed by atoms with Crippen LogP contribution >= 0.6 is 0 Å². The van der Waals surface area contributed by atoms with Crippen molar-refractivity contribution in [1.29, 1.82) is 0 Å². The lowest BCUT2D eigenvalue weighted by Crippen LogP contribution is -2.54. The quantitative estimate of drug-likeness (QED) is 0.812. The van der Waals surface area contributed by atoms with E-state index >= 15 is 0 Å². The highest BCUT2D eigenvalue weighted by Crippen LogP contribution is 2.32. The fourth-order valence-corrected chi connectivity index (χ4v) is 4.55. The first-order chi connectivity index (χ1) is 12.7. The van der Waals surface area contributed by atoms with Gasteiger partial charge in [-0.05, 0) is 49.8 Å². The Hall–Kier alpha value is -1.55. The summed E-state index contributed by atoms with van der Waals surface area (Å²) in [5.74, 6) is 0.804. The summed E-state index contributed by atoms with van der Waals surface area (Å²) < 4.78 is 0. The van der Waals surface area contributed by atoms with E-state index in [1.54, 1.807) is 0 Å². The first kappa shape index (κ1) is 17.8. The number of carbonyl (C=O) groups is 1. The van der Waals surface area contributed by atoms with Gasteiger partial charge in [-0.3, -0.25) is 9.69 Å². The highest BCUT2D eigenvalue weighted by Gasteiger charge is 2.36. The highest BCUT2D eigenvalue weighted by molar-refractivity contribution is 5.81. The number of hydrogen-bond acceptors (Lipinski definition) is 3. The van der Waals surface area contributed by atoms with Gasteiger partial charge in [-0.1, -0.05) is 25.5 Å². The van der Waals surface area contributed by atoms with Crippen LogP contribution in [0.3, 0.4) is 0 Å². The molecular formula is C22H33N3O. The van der Waals surface area contributed by atoms with Crippen LogP contribution in [0.1, 0.15) is 44.6 Å². The first-order valence-corrected chi connectivity index (χ1v) is 10.6. The third-order valence-corrected chi connectivity index (χ3v) is 6.37. The lowest BCUT2D eigenvalue weighted by atomic mass is 10.0. The molecule has 0 atom stereocenters. The third-order valence-electron chi connectivity index (χ3n) is 6.37. The minimum atomic E-state index is 0.374. The molecule has 1 aliphatic carbocycles. The zero-order valence-electron chi connectivity index (χ0n) is 16.2. The van der Waals surface area contributed by atoms with E-state index in [1.807, 2.05) is 0 Å². The summed E-state index contributed by atoms with van der Waals surface area (Å²) in [7, 11) is 0. The summed E-state index contributed by atoms with van der Waals surface area (Å²) in [6.45, 7) is 8.72. The molecule has 3 fully saturated rings. The number of benzene rings is 1. The Morgan fingerprint density at radius 1 is 0.923 bits per heavy atom. The fraction of sp³-hybridized carbons (Fsp3) is 0.682. The maximum atomic E-state index is 12.2. The van der Waals surface area contributed by atoms with Gasteiger partial charge in [0.05, 0.1) is 0 Å². The number of likely N-dealkylation sites (tertiary alicyclic amines) is 1. The Balaban J connectivity index is 1.24. The topological polar surface area (TPSA) is 26.8 Å². The second-order valence-corrected chi connectivity index (χ2v) is 8.27. The van der Waals surface area contributed by atoms with Crippen molar-refractivity contribution in [3.05, 3.63) is 29.8 Å². The molecule has 2 aliphatic heterocycles. The van der Waals surface area contributed by atoms with Gasteiger partial charge in [0.1, 0.15) is 0 Å². The second kappa shape index (κ2) is 7.99. The van der Waals surface area contributed by atoms with Crippen molar-refractivity contribution in [2.24, 2.45) is 5.92 Å². The minimum Gasteiger partial charge on any atom is -0.369 e. The molecule has 4 rings (SSSR count). The monoisotopic (exact) mass is 355 g/mol. The highest BCUT2D eigenvalue weighted by atomic mass is 16.2. The molecule has 142 valence electrons. The number of carbonyl (C=O) groups excluding carboxylic acids is 1. The van der Waals surface area contributed by atoms with Gasteiger partial charge in [-0.2, -0.15) is 0 Å². The second-order valence-electron chi connectivity index (χ2n) is 8.27. The molecule has 26 heavy (non-hydrogen) atoms. The Morgan fingerprint density at radius 3 is 2.15 bits per heavy atom. The van der Waals surface area contributed by atoms with Crippen molar-refractivity contribution in [2.75, 3.05) is 44.2 Å². The zero-order valence-corrected chi connectivity index (χ0v) is 16.2. The van der Waals surface area contributed by atoms with Crippen molar-refractivity contribution in [2.45, 2.75) is 51.5 Å². The van der Waals surface area contributed by atoms with Gasteiger partial charge in [0.25, 0.3) is 0 Å². The summed E-state index contributed by atoms with van der Waals surface area (Å²) in [5, 5.41) is 0. The number of aryl methyl sites for hydroxylation is 1. The number of piperidine rings is 1. The number of hydrogen-bond donors (Lipinski definition) is 0. The van der Waals surface area contributed by atoms with E-state index in [2.05, 4.69) is 45.9 Å². The summed E-state index contributed by atoms with van der Waals surface area (Å²) in [4.78, 5) is 19.5. The summed E-state index contributed by atoms with van der Waals surface area (Å²) in [5.41, 5.74) is 2.82. The number of nitrogens with zero attached hydrogens (tertiary/aromatic N) is 3. The molecule has 0 radical (unpaired) electrons. The van der Waals surface area contributed by atoms with Crippen LogP contribution in [0.5, 0.6) is 0 Å². The molecular weight excluding hydrogens is 322 g/mol. The lowest BCUT2D eigenvalue weighted by molar-refractivity contribution is -0.134. The van der Waals surface area contributed by atoms with E-state index in [4.69, 9.17) is 0 Å². The van der Waals surface area contributed by atoms with Gasteiger partial charge in [0.2, 0.25) is 5.91 Å². The Bertz CT molecular complexity index is 594. The predicted octanol–water partition coefficient (Wildman–Crippen LogP) is 3.16. The minimum absolute atomic E-state index is 0.374. The van der Waals surface area contributed by atoms with Gasteiger partial charge in [0, 0.05) is 56.9 Å². The molecule has 2 saturated heterocycles. The van der Waals surface area contributed by atoms with Crippen molar-refractivity contribution in [3.8, 4) is 0 Å². The number of amides is 1. The van der Waals surface area contributed by atoms with E-state index in [-0.39, 0.29) is 0 Å². The average Bonchev–Trinajstić information content (AvgIpc) is 3.54. The molecule has 4 heteroatoms. The molecule has 3 aliphatic rings. The Morgan fingerprint density at radius 2 is 1.58 bits per heavy atom. The lowest BCUT2D eigenvalue weighted by Gasteiger charge is -2.43. The van der Waals surface area contributed by atoms with Gasteiger partial charge < -0.3 is 9.80 Å². The van der Waals surface area contributed by atoms with E-state index in [0.717, 1.165) is 65.0 Å². The molecule has 2 heterocycles. The molecule has 1 aromatic rings. The SMILES string of the molecule is CCCc1ccc(N2CCN(C3CCN(C(=O)C4CC4)CC3)CC2)cc1. The van der Waals surface area contributed by atoms with Crippen LogP contribution in [0.2, 0.25) is 0 Å². The normalized spacial score (nSPS) is 22.7. The van der Waals surface area contributed by atoms with Gasteiger partial charge >= 0.3 is 0 Å². The molecule has 0 unspecified atom stereocenters. The number of rotatable bonds is 5. The molecule has 4 nitrogen and oxygen atoms in total. The molecule has 0 N–H and O–H groups in total. The van der Waals surface area contributed by atoms with Crippen LogP contribution in [-0.2, 0) is 11.2 Å². The van der Waals surface area contributed by atoms with Crippen LogP contribution in [0.4, 0.5) is 5.69 Å². The Labute approximate surface area is 158 Å². The van der Waals surface area contributed by atoms with Crippen molar-refractivity contribution in [1.82, 2.24) is 9.80 Å². The maximum absolute atomic E-state index is 12.2. The van der Waals surface area contributed by atoms with Crippen LogP contribution < -0.4 is 4.90 Å². The maximum Gasteiger partial charge on any atom is 0.225 e. The van der Waals surface area contributed by atoms with Crippen molar-refractivity contribution >= 4 is 11.6 Å². The van der Waals surface area contributed by atoms with Crippen molar-refractivity contribution < 1.29 is 4.79 Å². The standard InChI is InChI=1S/C22H33N3O/c1-2-3-18-4-8-20(9-5-18)23-14-16-24(17-15-23)21-10-12-25(13-11-21)22(26)19-6-7-19/h4-5,8-9,19,21H,2-3,6-7,10-17H2,1H3. The molecule has 1 aromatic carbocycles. The molecule has 0 aromatic heterocycles. The van der Waals surface area contributed by atoms with Crippen LogP contribution in [-0.4, -0.2) is 61.0 Å². The smallest absolute Gasteiger partial charge is 0.225 e. The van der Waals surface area contributed by atoms with Crippen LogP contribution in [0.25, 0.3) is 0 Å². The van der Waals surface area contributed by atoms with Crippen LogP contribution in [0, 0.1) is 5.92 Å². The van der Waals surface area contributed by atoms with E-state index in [0.29, 0.717) is 17.9 Å². The summed E-state index contributed by atoms with van der Waals surface area (Å²) >= 11 is 0. The van der Waals surface area contributed by atoms with E-state index < -0.39 is 0 Å². The van der Waals surface area contributed by atoms with E-state index in [9.17, 15) is 4.79 Å². The number of piperazine rings is 1. The van der Waals surface area contributed by atoms with Crippen LogP contribution in [0.15, 0.2) is 24.3 Å². The Kier molecular flexibility index (Phi) is 5.49. The average molecular weight is 356 g/mol. The summed E-state index contributed by atoms with van der Waals surface area (Å²) in [6, 6.07) is 9.84. The largest absolute Gasteiger partial charge is 0.369 e. The summed E-state index contributed by atoms with van der Waals surface area (Å²) in [6.07, 6.45) is 6.95. The molecule has 1 saturated carbocycles. The first-order valence-electron chi connectivity index (χ1n) is 10.6. The van der Waals surface area contributed by atoms with Crippen molar-refractivity contribution in [3.63, 3.8) is 0 Å².